The molecule has 0 N–H and O–H groups in total. The first-order valence-electron chi connectivity index (χ1n) is 27.8. The van der Waals surface area contributed by atoms with Crippen LogP contribution in [0.5, 0.6) is 0 Å². The summed E-state index contributed by atoms with van der Waals surface area (Å²) in [7, 11) is 0. The first-order chi connectivity index (χ1) is 34.9. The molecule has 0 aliphatic heterocycles. The van der Waals surface area contributed by atoms with Crippen molar-refractivity contribution >= 4 is 33.7 Å². The zero-order chi connectivity index (χ0) is 49.2. The van der Waals surface area contributed by atoms with Gasteiger partial charge in [0.2, 0.25) is 0 Å². The van der Waals surface area contributed by atoms with Crippen molar-refractivity contribution in [2.75, 3.05) is 0 Å². The van der Waals surface area contributed by atoms with Crippen molar-refractivity contribution < 1.29 is 0 Å². The molecule has 0 saturated heterocycles. The van der Waals surface area contributed by atoms with E-state index in [2.05, 4.69) is 163 Å². The smallest absolute Gasteiger partial charge is 0.0988 e. The zero-order valence-electron chi connectivity index (χ0n) is 43.9. The van der Waals surface area contributed by atoms with Crippen LogP contribution in [-0.4, -0.2) is 9.97 Å². The second kappa shape index (κ2) is 24.0. The van der Waals surface area contributed by atoms with Crippen LogP contribution in [0.4, 0.5) is 0 Å². The Hall–Kier alpha value is -5.16. The molecule has 4 heteroatoms. The van der Waals surface area contributed by atoms with E-state index in [1.54, 1.807) is 11.1 Å². The predicted octanol–water partition coefficient (Wildman–Crippen LogP) is 21.2. The molecule has 0 spiro atoms. The average molecular weight is 976 g/mol. The Labute approximate surface area is 435 Å². The molecule has 3 heterocycles. The molecule has 1 aliphatic carbocycles. The minimum absolute atomic E-state index is 0.0387. The molecule has 2 nitrogen and oxygen atoms in total. The van der Waals surface area contributed by atoms with Crippen LogP contribution >= 0.6 is 22.7 Å². The van der Waals surface area contributed by atoms with E-state index in [1.165, 1.54) is 180 Å². The van der Waals surface area contributed by atoms with Crippen LogP contribution < -0.4 is 0 Å². The summed E-state index contributed by atoms with van der Waals surface area (Å²) in [4.78, 5) is 17.0. The number of nitrogens with zero attached hydrogens (tertiary/aromatic N) is 2. The van der Waals surface area contributed by atoms with Gasteiger partial charge in [-0.1, -0.05) is 226 Å². The van der Waals surface area contributed by atoms with Gasteiger partial charge in [-0.15, -0.1) is 22.7 Å². The van der Waals surface area contributed by atoms with Gasteiger partial charge in [-0.2, -0.15) is 0 Å². The van der Waals surface area contributed by atoms with E-state index in [-0.39, 0.29) is 5.41 Å². The molecule has 0 fully saturated rings. The quantitative estimate of drug-likeness (QED) is 0.0533. The number of aryl methyl sites for hydroxylation is 4. The fraction of sp³-hybridized carbons (Fsp3) is 0.403. The van der Waals surface area contributed by atoms with Crippen LogP contribution in [0.3, 0.4) is 0 Å². The fourth-order valence-corrected chi connectivity index (χ4v) is 14.0. The third kappa shape index (κ3) is 11.1. The second-order valence-corrected chi connectivity index (χ2v) is 23.1. The number of rotatable bonds is 25. The molecule has 368 valence electrons. The molecule has 0 saturated carbocycles. The lowest BCUT2D eigenvalue weighted by Crippen LogP contribution is -2.25. The number of unbranched alkanes of at least 4 members (excludes halogenated alkanes) is 12. The number of aromatic nitrogens is 2. The number of hydrogen-bond acceptors (Lipinski definition) is 4. The third-order valence-electron chi connectivity index (χ3n) is 15.6. The summed E-state index contributed by atoms with van der Waals surface area (Å²) in [5.74, 6) is 0. The number of hydrogen-bond donors (Lipinski definition) is 0. The van der Waals surface area contributed by atoms with Crippen molar-refractivity contribution in [1.82, 2.24) is 9.97 Å². The monoisotopic (exact) mass is 975 g/mol. The van der Waals surface area contributed by atoms with Gasteiger partial charge >= 0.3 is 0 Å². The normalized spacial score (nSPS) is 12.8. The van der Waals surface area contributed by atoms with E-state index >= 15 is 0 Å². The van der Waals surface area contributed by atoms with E-state index in [9.17, 15) is 0 Å². The molecular weight excluding hydrogens is 897 g/mol. The molecule has 0 radical (unpaired) electrons. The first-order valence-corrected chi connectivity index (χ1v) is 29.4. The highest BCUT2D eigenvalue weighted by molar-refractivity contribution is 7.19. The van der Waals surface area contributed by atoms with E-state index < -0.39 is 0 Å². The lowest BCUT2D eigenvalue weighted by atomic mass is 9.70. The highest BCUT2D eigenvalue weighted by Gasteiger charge is 2.42. The molecule has 1 aliphatic rings. The SMILES string of the molecule is CCCCCCc1cc(-c2ccc(-c3cc(CCCCCC)c(-c4ccc5c(c4)C(CCCCCC)(CCCCCC)c4cc(C)ccc4-5)s3)c3nc(-c4ccccc4)c(-c4ccccc4)nc23)sc1C. The van der Waals surface area contributed by atoms with E-state index in [4.69, 9.17) is 9.97 Å². The molecular formula is C67H78N2S2. The molecule has 8 aromatic rings. The van der Waals surface area contributed by atoms with Gasteiger partial charge in [0.25, 0.3) is 0 Å². The van der Waals surface area contributed by atoms with E-state index in [0.717, 1.165) is 46.4 Å². The maximum atomic E-state index is 5.81. The number of thiophene rings is 2. The predicted molar refractivity (Wildman–Crippen MR) is 311 cm³/mol. The van der Waals surface area contributed by atoms with Crippen molar-refractivity contribution in [2.45, 2.75) is 175 Å². The minimum Gasteiger partial charge on any atom is -0.243 e. The minimum atomic E-state index is 0.0387. The molecule has 0 atom stereocenters. The van der Waals surface area contributed by atoms with Crippen LogP contribution in [0.2, 0.25) is 0 Å². The van der Waals surface area contributed by atoms with Crippen LogP contribution in [0.25, 0.3) is 76.0 Å². The summed E-state index contributed by atoms with van der Waals surface area (Å²) in [6.45, 7) is 13.9. The lowest BCUT2D eigenvalue weighted by molar-refractivity contribution is 0.401. The summed E-state index contributed by atoms with van der Waals surface area (Å²) in [6.07, 6.45) is 25.0. The van der Waals surface area contributed by atoms with Crippen LogP contribution in [0.15, 0.2) is 121 Å². The summed E-state index contributed by atoms with van der Waals surface area (Å²) in [6, 6.07) is 46.2. The Balaban J connectivity index is 1.23. The summed E-state index contributed by atoms with van der Waals surface area (Å²) >= 11 is 3.90. The van der Waals surface area contributed by atoms with Gasteiger partial charge in [0.1, 0.15) is 0 Å². The largest absolute Gasteiger partial charge is 0.243 e. The summed E-state index contributed by atoms with van der Waals surface area (Å²) in [5, 5.41) is 0. The van der Waals surface area contributed by atoms with Crippen molar-refractivity contribution in [2.24, 2.45) is 0 Å². The second-order valence-electron chi connectivity index (χ2n) is 20.8. The Kier molecular flexibility index (Phi) is 17.2. The van der Waals surface area contributed by atoms with Gasteiger partial charge < -0.3 is 0 Å². The van der Waals surface area contributed by atoms with E-state index in [1.807, 2.05) is 22.7 Å². The van der Waals surface area contributed by atoms with Crippen LogP contribution in [0.1, 0.15) is 176 Å². The van der Waals surface area contributed by atoms with Gasteiger partial charge in [-0.3, -0.25) is 0 Å². The zero-order valence-corrected chi connectivity index (χ0v) is 45.5. The van der Waals surface area contributed by atoms with Crippen molar-refractivity contribution in [1.29, 1.82) is 0 Å². The Morgan fingerprint density at radius 2 is 0.873 bits per heavy atom. The molecule has 9 rings (SSSR count). The maximum Gasteiger partial charge on any atom is 0.0988 e. The molecule has 0 amide bonds. The first kappa shape index (κ1) is 50.8. The highest BCUT2D eigenvalue weighted by Crippen LogP contribution is 2.56. The molecule has 0 bridgehead atoms. The Morgan fingerprint density at radius 3 is 1.42 bits per heavy atom. The summed E-state index contributed by atoms with van der Waals surface area (Å²) < 4.78 is 0. The van der Waals surface area contributed by atoms with Gasteiger partial charge in [-0.05, 0) is 110 Å². The molecule has 0 unspecified atom stereocenters. The van der Waals surface area contributed by atoms with Crippen molar-refractivity contribution in [3.63, 3.8) is 0 Å². The van der Waals surface area contributed by atoms with Gasteiger partial charge in [-0.25, -0.2) is 9.97 Å². The molecule has 3 aromatic heterocycles. The van der Waals surface area contributed by atoms with E-state index in [0.29, 0.717) is 0 Å². The Morgan fingerprint density at radius 1 is 0.408 bits per heavy atom. The van der Waals surface area contributed by atoms with Crippen LogP contribution in [-0.2, 0) is 18.3 Å². The Bertz CT molecular complexity index is 3000. The standard InChI is InChI=1S/C67H78N2S2/c1-7-11-15-21-33-51-45-60(70-48(51)6)56-39-40-57(65-64(56)68-62(49-29-23-19-24-30-49)63(69-65)50-31-25-20-26-32-50)61-46-52(34-22-16-12-8-2)66(71-61)53-36-38-55-54-37-35-47(5)43-58(54)67(59(55)44-53,41-27-17-13-9-3)42-28-18-14-10-4/h19-20,23-26,29-32,35-40,43-46H,7-18,21-22,27-28,33-34,41-42H2,1-6H3. The van der Waals surface area contributed by atoms with Gasteiger partial charge in [0.15, 0.2) is 0 Å². The number of benzene rings is 5. The third-order valence-corrected chi connectivity index (χ3v) is 18.0. The van der Waals surface area contributed by atoms with Crippen molar-refractivity contribution in [3.05, 3.63) is 154 Å². The average Bonchev–Trinajstić information content (AvgIpc) is 4.08. The number of fused-ring (bicyclic) bond motifs is 4. The molecule has 5 aromatic carbocycles. The van der Waals surface area contributed by atoms with Crippen molar-refractivity contribution in [3.8, 4) is 65.0 Å². The fourth-order valence-electron chi connectivity index (χ4n) is 11.6. The summed E-state index contributed by atoms with van der Waals surface area (Å²) in [5.41, 5.74) is 20.2. The highest BCUT2D eigenvalue weighted by atomic mass is 32.1. The molecule has 71 heavy (non-hydrogen) atoms. The maximum absolute atomic E-state index is 5.81. The van der Waals surface area contributed by atoms with Gasteiger partial charge in [0, 0.05) is 47.2 Å². The van der Waals surface area contributed by atoms with Crippen LogP contribution in [0, 0.1) is 13.8 Å². The van der Waals surface area contributed by atoms with Gasteiger partial charge in [0.05, 0.1) is 22.4 Å². The lowest BCUT2D eigenvalue weighted by Gasteiger charge is -2.33. The topological polar surface area (TPSA) is 25.8 Å².